The number of aryl methyl sites for hydroxylation is 1. The molecule has 2 aromatic heterocycles. The van der Waals surface area contributed by atoms with Gasteiger partial charge in [0.05, 0.1) is 24.1 Å². The maximum atomic E-state index is 12.7. The lowest BCUT2D eigenvalue weighted by Crippen LogP contribution is -2.20. The molecule has 0 bridgehead atoms. The van der Waals surface area contributed by atoms with Gasteiger partial charge in [0.15, 0.2) is 5.82 Å². The third kappa shape index (κ3) is 4.03. The van der Waals surface area contributed by atoms with Crippen molar-refractivity contribution >= 4 is 11.9 Å². The molecule has 2 rings (SSSR count). The summed E-state index contributed by atoms with van der Waals surface area (Å²) >= 11 is 0. The number of hydrogen-bond donors (Lipinski definition) is 2. The lowest BCUT2D eigenvalue weighted by Gasteiger charge is -2.10. The highest BCUT2D eigenvalue weighted by molar-refractivity contribution is 5.62. The molecule has 3 N–H and O–H groups in total. The van der Waals surface area contributed by atoms with E-state index in [-0.39, 0.29) is 6.04 Å². The van der Waals surface area contributed by atoms with Crippen LogP contribution in [0.1, 0.15) is 30.0 Å². The van der Waals surface area contributed by atoms with Gasteiger partial charge in [0.2, 0.25) is 0 Å². The summed E-state index contributed by atoms with van der Waals surface area (Å²) in [7, 11) is 0. The Kier molecular flexibility index (Phi) is 4.89. The molecule has 0 amide bonds. The Morgan fingerprint density at radius 3 is 2.67 bits per heavy atom. The number of anilines is 1. The molecular formula is C14H17FN6. The number of nitrogen functional groups attached to an aromatic ring is 1. The average molecular weight is 288 g/mol. The van der Waals surface area contributed by atoms with E-state index < -0.39 is 5.82 Å². The zero-order valence-corrected chi connectivity index (χ0v) is 11.9. The van der Waals surface area contributed by atoms with Crippen molar-refractivity contribution in [3.63, 3.8) is 0 Å². The maximum Gasteiger partial charge on any atom is 0.159 e. The van der Waals surface area contributed by atoms with Crippen LogP contribution in [0.25, 0.3) is 6.08 Å². The largest absolute Gasteiger partial charge is 0.383 e. The van der Waals surface area contributed by atoms with Crippen LogP contribution in [0.2, 0.25) is 0 Å². The minimum Gasteiger partial charge on any atom is -0.383 e. The summed E-state index contributed by atoms with van der Waals surface area (Å²) in [5, 5.41) is 3.21. The Labute approximate surface area is 122 Å². The normalized spacial score (nSPS) is 12.7. The van der Waals surface area contributed by atoms with Crippen molar-refractivity contribution in [1.29, 1.82) is 0 Å². The molecule has 0 aliphatic heterocycles. The van der Waals surface area contributed by atoms with E-state index in [0.717, 1.165) is 23.7 Å². The summed E-state index contributed by atoms with van der Waals surface area (Å²) in [5.41, 5.74) is 7.43. The quantitative estimate of drug-likeness (QED) is 0.869. The molecule has 1 unspecified atom stereocenters. The van der Waals surface area contributed by atoms with Crippen molar-refractivity contribution in [2.75, 3.05) is 12.3 Å². The lowest BCUT2D eigenvalue weighted by atomic mass is 10.2. The fourth-order valence-electron chi connectivity index (χ4n) is 1.77. The second-order valence-corrected chi connectivity index (χ2v) is 4.55. The molecule has 0 spiro atoms. The number of hydrogen-bond acceptors (Lipinski definition) is 6. The number of aromatic nitrogens is 4. The molecule has 0 saturated heterocycles. The van der Waals surface area contributed by atoms with Crippen molar-refractivity contribution < 1.29 is 4.39 Å². The van der Waals surface area contributed by atoms with E-state index in [9.17, 15) is 4.39 Å². The van der Waals surface area contributed by atoms with Gasteiger partial charge in [0.25, 0.3) is 0 Å². The molecule has 110 valence electrons. The highest BCUT2D eigenvalue weighted by atomic mass is 19.1. The van der Waals surface area contributed by atoms with Gasteiger partial charge in [-0.15, -0.1) is 0 Å². The number of nitrogens with two attached hydrogens (primary N) is 1. The Morgan fingerprint density at radius 1 is 1.29 bits per heavy atom. The number of nitrogens with one attached hydrogen (secondary N) is 1. The first kappa shape index (κ1) is 15.0. The van der Waals surface area contributed by atoms with Crippen LogP contribution in [-0.4, -0.2) is 26.5 Å². The molecule has 0 aliphatic rings. The van der Waals surface area contributed by atoms with Gasteiger partial charge >= 0.3 is 0 Å². The lowest BCUT2D eigenvalue weighted by molar-refractivity contribution is 0.561. The van der Waals surface area contributed by atoms with Gasteiger partial charge < -0.3 is 11.1 Å². The summed E-state index contributed by atoms with van der Waals surface area (Å²) in [6.07, 6.45) is 7.54. The van der Waals surface area contributed by atoms with E-state index in [4.69, 9.17) is 5.73 Å². The van der Waals surface area contributed by atoms with E-state index >= 15 is 0 Å². The van der Waals surface area contributed by atoms with Gasteiger partial charge in [-0.25, -0.2) is 24.3 Å². The van der Waals surface area contributed by atoms with Crippen LogP contribution in [0.3, 0.4) is 0 Å². The van der Waals surface area contributed by atoms with E-state index in [1.807, 2.05) is 26.0 Å². The van der Waals surface area contributed by atoms with Gasteiger partial charge in [0.1, 0.15) is 18.0 Å². The van der Waals surface area contributed by atoms with Gasteiger partial charge in [-0.05, 0) is 13.8 Å². The van der Waals surface area contributed by atoms with Crippen molar-refractivity contribution in [1.82, 2.24) is 25.3 Å². The fourth-order valence-corrected chi connectivity index (χ4v) is 1.77. The van der Waals surface area contributed by atoms with Crippen LogP contribution >= 0.6 is 0 Å². The third-order valence-corrected chi connectivity index (χ3v) is 2.97. The zero-order chi connectivity index (χ0) is 15.2. The molecule has 0 aromatic carbocycles. The molecule has 0 saturated carbocycles. The Hall–Kier alpha value is -2.41. The van der Waals surface area contributed by atoms with Crippen LogP contribution in [0.4, 0.5) is 10.2 Å². The molecule has 7 heteroatoms. The maximum absolute atomic E-state index is 12.7. The first-order valence-electron chi connectivity index (χ1n) is 6.52. The molecule has 0 aliphatic carbocycles. The van der Waals surface area contributed by atoms with E-state index in [1.165, 1.54) is 6.33 Å². The second kappa shape index (κ2) is 6.85. The molecule has 2 heterocycles. The second-order valence-electron chi connectivity index (χ2n) is 4.55. The van der Waals surface area contributed by atoms with Crippen LogP contribution < -0.4 is 11.1 Å². The Bertz CT molecular complexity index is 606. The summed E-state index contributed by atoms with van der Waals surface area (Å²) in [4.78, 5) is 15.9. The summed E-state index contributed by atoms with van der Waals surface area (Å²) in [6, 6.07) is -0.0827. The number of nitrogens with zero attached hydrogens (tertiary/aromatic N) is 4. The first-order valence-corrected chi connectivity index (χ1v) is 6.52. The molecule has 0 radical (unpaired) electrons. The standard InChI is InChI=1S/C14H17FN6/c1-9-12(13(16)21-8-20-9)4-3-5-17-10(2)14-18-6-11(15)7-19-14/h3-4,6-8,10,17H,5H2,1-2H3,(H2,16,20,21)/b4-3-. The van der Waals surface area contributed by atoms with Crippen molar-refractivity contribution in [2.24, 2.45) is 0 Å². The molecule has 1 atom stereocenters. The predicted molar refractivity (Wildman–Crippen MR) is 78.6 cm³/mol. The van der Waals surface area contributed by atoms with Crippen LogP contribution in [-0.2, 0) is 0 Å². The van der Waals surface area contributed by atoms with E-state index in [2.05, 4.69) is 25.3 Å². The minimum atomic E-state index is -0.444. The van der Waals surface area contributed by atoms with Gasteiger partial charge in [-0.1, -0.05) is 12.2 Å². The number of halogens is 1. The summed E-state index contributed by atoms with van der Waals surface area (Å²) in [6.45, 7) is 4.38. The van der Waals surface area contributed by atoms with Crippen molar-refractivity contribution in [2.45, 2.75) is 19.9 Å². The monoisotopic (exact) mass is 288 g/mol. The Balaban J connectivity index is 1.92. The summed E-state index contributed by atoms with van der Waals surface area (Å²) in [5.74, 6) is 0.554. The smallest absolute Gasteiger partial charge is 0.159 e. The minimum absolute atomic E-state index is 0.0827. The van der Waals surface area contributed by atoms with Crippen LogP contribution in [0.15, 0.2) is 24.8 Å². The van der Waals surface area contributed by atoms with Gasteiger partial charge in [-0.2, -0.15) is 0 Å². The molecule has 2 aromatic rings. The first-order chi connectivity index (χ1) is 10.1. The van der Waals surface area contributed by atoms with Crippen LogP contribution in [0, 0.1) is 12.7 Å². The van der Waals surface area contributed by atoms with Gasteiger partial charge in [0, 0.05) is 12.1 Å². The average Bonchev–Trinajstić information content (AvgIpc) is 2.46. The highest BCUT2D eigenvalue weighted by Crippen LogP contribution is 2.12. The molecular weight excluding hydrogens is 271 g/mol. The van der Waals surface area contributed by atoms with E-state index in [0.29, 0.717) is 18.2 Å². The predicted octanol–water partition coefficient (Wildman–Crippen LogP) is 1.66. The zero-order valence-electron chi connectivity index (χ0n) is 11.9. The summed E-state index contributed by atoms with van der Waals surface area (Å²) < 4.78 is 12.7. The van der Waals surface area contributed by atoms with Crippen molar-refractivity contribution in [3.05, 3.63) is 47.7 Å². The van der Waals surface area contributed by atoms with Crippen molar-refractivity contribution in [3.8, 4) is 0 Å². The highest BCUT2D eigenvalue weighted by Gasteiger charge is 2.07. The third-order valence-electron chi connectivity index (χ3n) is 2.97. The SMILES string of the molecule is Cc1ncnc(N)c1/C=C\CNC(C)c1ncc(F)cn1. The van der Waals surface area contributed by atoms with E-state index in [1.54, 1.807) is 0 Å². The number of rotatable bonds is 5. The topological polar surface area (TPSA) is 89.6 Å². The molecule has 21 heavy (non-hydrogen) atoms. The van der Waals surface area contributed by atoms with Crippen LogP contribution in [0.5, 0.6) is 0 Å². The molecule has 0 fully saturated rings. The van der Waals surface area contributed by atoms with Gasteiger partial charge in [-0.3, -0.25) is 0 Å². The molecule has 6 nitrogen and oxygen atoms in total. The fraction of sp³-hybridized carbons (Fsp3) is 0.286. The Morgan fingerprint density at radius 2 is 2.00 bits per heavy atom.